The highest BCUT2D eigenvalue weighted by atomic mass is 35.5. The van der Waals surface area contributed by atoms with Crippen molar-refractivity contribution in [3.63, 3.8) is 0 Å². The number of aliphatic hydroxyl groups is 1. The largest absolute Gasteiger partial charge is 0.425 e. The molecule has 30 heavy (non-hydrogen) atoms. The first-order valence-corrected chi connectivity index (χ1v) is 9.58. The van der Waals surface area contributed by atoms with Crippen LogP contribution in [0.2, 0.25) is 5.02 Å². The minimum atomic E-state index is -5.01. The van der Waals surface area contributed by atoms with Gasteiger partial charge in [0.1, 0.15) is 0 Å². The monoisotopic (exact) mass is 438 g/mol. The molecular formula is C21H18ClF3N2O3. The van der Waals surface area contributed by atoms with E-state index in [4.69, 9.17) is 11.6 Å². The minimum absolute atomic E-state index is 0.0510. The van der Waals surface area contributed by atoms with Gasteiger partial charge in [-0.25, -0.2) is 0 Å². The van der Waals surface area contributed by atoms with Gasteiger partial charge < -0.3 is 14.9 Å². The molecule has 1 aliphatic heterocycles. The molecule has 158 valence electrons. The van der Waals surface area contributed by atoms with E-state index in [-0.39, 0.29) is 52.2 Å². The van der Waals surface area contributed by atoms with Crippen molar-refractivity contribution in [2.45, 2.75) is 11.8 Å². The Morgan fingerprint density at radius 1 is 1.17 bits per heavy atom. The van der Waals surface area contributed by atoms with E-state index in [2.05, 4.69) is 0 Å². The SMILES string of the molecule is CN(C)C(=O)C1CN(C(=O)c2cc(Cl)c3c(c2)C(O)(C(F)(F)F)c2ccccc2-3)C1. The quantitative estimate of drug-likeness (QED) is 0.782. The molecule has 1 heterocycles. The fraction of sp³-hybridized carbons (Fsp3) is 0.333. The van der Waals surface area contributed by atoms with Gasteiger partial charge in [0.05, 0.1) is 5.92 Å². The number of rotatable bonds is 2. The predicted molar refractivity (Wildman–Crippen MR) is 104 cm³/mol. The number of carbonyl (C=O) groups excluding carboxylic acids is 2. The predicted octanol–water partition coefficient (Wildman–Crippen LogP) is 3.28. The van der Waals surface area contributed by atoms with Crippen molar-refractivity contribution in [1.82, 2.24) is 9.80 Å². The van der Waals surface area contributed by atoms with E-state index in [1.54, 1.807) is 20.2 Å². The van der Waals surface area contributed by atoms with Gasteiger partial charge in [-0.3, -0.25) is 9.59 Å². The Morgan fingerprint density at radius 3 is 2.40 bits per heavy atom. The fourth-order valence-electron chi connectivity index (χ4n) is 4.10. The van der Waals surface area contributed by atoms with Crippen LogP contribution in [0.5, 0.6) is 0 Å². The zero-order chi connectivity index (χ0) is 22.0. The molecule has 0 aromatic heterocycles. The first-order valence-electron chi connectivity index (χ1n) is 9.20. The Kier molecular flexibility index (Phi) is 4.63. The van der Waals surface area contributed by atoms with Crippen molar-refractivity contribution < 1.29 is 27.9 Å². The fourth-order valence-corrected chi connectivity index (χ4v) is 4.43. The number of hydrogen-bond acceptors (Lipinski definition) is 3. The van der Waals surface area contributed by atoms with Crippen LogP contribution in [0, 0.1) is 5.92 Å². The highest BCUT2D eigenvalue weighted by Crippen LogP contribution is 2.56. The molecule has 2 amide bonds. The number of likely N-dealkylation sites (tertiary alicyclic amines) is 1. The topological polar surface area (TPSA) is 60.9 Å². The number of hydrogen-bond donors (Lipinski definition) is 1. The van der Waals surface area contributed by atoms with Crippen molar-refractivity contribution in [3.8, 4) is 11.1 Å². The average Bonchev–Trinajstić information content (AvgIpc) is 2.91. The summed E-state index contributed by atoms with van der Waals surface area (Å²) < 4.78 is 42.0. The lowest BCUT2D eigenvalue weighted by Crippen LogP contribution is -2.55. The first kappa shape index (κ1) is 20.7. The molecule has 0 radical (unpaired) electrons. The van der Waals surface area contributed by atoms with E-state index in [1.165, 1.54) is 34.1 Å². The summed E-state index contributed by atoms with van der Waals surface area (Å²) in [6.07, 6.45) is -5.01. The summed E-state index contributed by atoms with van der Waals surface area (Å²) in [5, 5.41) is 10.7. The van der Waals surface area contributed by atoms with E-state index in [1.807, 2.05) is 0 Å². The number of halogens is 4. The summed E-state index contributed by atoms with van der Waals surface area (Å²) in [6.45, 7) is 0.350. The molecule has 2 aromatic rings. The van der Waals surface area contributed by atoms with Crippen LogP contribution in [0.4, 0.5) is 13.2 Å². The zero-order valence-corrected chi connectivity index (χ0v) is 16.9. The molecule has 1 fully saturated rings. The van der Waals surface area contributed by atoms with Gasteiger partial charge in [-0.2, -0.15) is 13.2 Å². The van der Waals surface area contributed by atoms with E-state index in [9.17, 15) is 27.9 Å². The molecule has 2 aliphatic rings. The summed E-state index contributed by atoms with van der Waals surface area (Å²) in [6, 6.07) is 7.98. The Morgan fingerprint density at radius 2 is 1.80 bits per heavy atom. The molecule has 9 heteroatoms. The van der Waals surface area contributed by atoms with Gasteiger partial charge in [-0.05, 0) is 17.7 Å². The second kappa shape index (κ2) is 6.72. The smallest absolute Gasteiger partial charge is 0.372 e. The summed E-state index contributed by atoms with van der Waals surface area (Å²) in [7, 11) is 3.23. The Hall–Kier alpha value is -2.58. The number of benzene rings is 2. The Bertz CT molecular complexity index is 1060. The molecule has 0 spiro atoms. The van der Waals surface area contributed by atoms with Crippen LogP contribution in [-0.2, 0) is 10.4 Å². The van der Waals surface area contributed by atoms with Gasteiger partial charge in [0.2, 0.25) is 11.5 Å². The third-order valence-corrected chi connectivity index (χ3v) is 5.98. The third-order valence-electron chi connectivity index (χ3n) is 5.68. The Balaban J connectivity index is 1.74. The lowest BCUT2D eigenvalue weighted by molar-refractivity contribution is -0.246. The van der Waals surface area contributed by atoms with Crippen molar-refractivity contribution in [3.05, 3.63) is 58.1 Å². The second-order valence-electron chi connectivity index (χ2n) is 7.77. The maximum absolute atomic E-state index is 14.0. The van der Waals surface area contributed by atoms with E-state index in [0.717, 1.165) is 6.07 Å². The molecule has 1 unspecified atom stereocenters. The third kappa shape index (κ3) is 2.81. The molecule has 5 nitrogen and oxygen atoms in total. The van der Waals surface area contributed by atoms with E-state index < -0.39 is 23.2 Å². The number of carbonyl (C=O) groups is 2. The number of nitrogens with zero attached hydrogens (tertiary/aromatic N) is 2. The van der Waals surface area contributed by atoms with Gasteiger partial charge in [-0.15, -0.1) is 0 Å². The van der Waals surface area contributed by atoms with Gasteiger partial charge in [-0.1, -0.05) is 35.9 Å². The molecule has 4 rings (SSSR count). The van der Waals surface area contributed by atoms with Crippen LogP contribution in [0.1, 0.15) is 21.5 Å². The normalized spacial score (nSPS) is 20.4. The van der Waals surface area contributed by atoms with E-state index >= 15 is 0 Å². The van der Waals surface area contributed by atoms with Gasteiger partial charge in [0.15, 0.2) is 0 Å². The molecule has 0 bridgehead atoms. The summed E-state index contributed by atoms with van der Waals surface area (Å²) >= 11 is 6.30. The lowest BCUT2D eigenvalue weighted by Gasteiger charge is -2.39. The number of amides is 2. The highest BCUT2D eigenvalue weighted by Gasteiger charge is 2.61. The van der Waals surface area contributed by atoms with Crippen LogP contribution in [0.15, 0.2) is 36.4 Å². The summed E-state index contributed by atoms with van der Waals surface area (Å²) in [5.41, 5.74) is -3.88. The number of alkyl halides is 3. The molecule has 1 N–H and O–H groups in total. The van der Waals surface area contributed by atoms with Crippen LogP contribution in [0.25, 0.3) is 11.1 Å². The lowest BCUT2D eigenvalue weighted by atomic mass is 9.89. The van der Waals surface area contributed by atoms with Crippen LogP contribution in [0.3, 0.4) is 0 Å². The van der Waals surface area contributed by atoms with Crippen LogP contribution < -0.4 is 0 Å². The van der Waals surface area contributed by atoms with Crippen molar-refractivity contribution in [2.24, 2.45) is 5.92 Å². The summed E-state index contributed by atoms with van der Waals surface area (Å²) in [5.74, 6) is -0.999. The van der Waals surface area contributed by atoms with Crippen LogP contribution in [-0.4, -0.2) is 60.1 Å². The van der Waals surface area contributed by atoms with Gasteiger partial charge >= 0.3 is 6.18 Å². The molecular weight excluding hydrogens is 421 g/mol. The first-order chi connectivity index (χ1) is 14.0. The van der Waals surface area contributed by atoms with Crippen molar-refractivity contribution in [2.75, 3.05) is 27.2 Å². The van der Waals surface area contributed by atoms with Crippen molar-refractivity contribution >= 4 is 23.4 Å². The maximum atomic E-state index is 14.0. The molecule has 1 aliphatic carbocycles. The molecule has 1 atom stereocenters. The van der Waals surface area contributed by atoms with Gasteiger partial charge in [0, 0.05) is 54.5 Å². The second-order valence-corrected chi connectivity index (χ2v) is 8.18. The zero-order valence-electron chi connectivity index (χ0n) is 16.1. The maximum Gasteiger partial charge on any atom is 0.425 e. The molecule has 1 saturated heterocycles. The molecule has 0 saturated carbocycles. The van der Waals surface area contributed by atoms with E-state index in [0.29, 0.717) is 0 Å². The Labute approximate surface area is 175 Å². The van der Waals surface area contributed by atoms with Crippen molar-refractivity contribution in [1.29, 1.82) is 0 Å². The van der Waals surface area contributed by atoms with Gasteiger partial charge in [0.25, 0.3) is 5.91 Å². The van der Waals surface area contributed by atoms with Crippen LogP contribution >= 0.6 is 11.6 Å². The standard InChI is InChI=1S/C21H18ClF3N2O3/c1-26(2)18(28)12-9-27(10-12)19(29)11-7-15-17(16(22)8-11)13-5-3-4-6-14(13)20(15,30)21(23,24)25/h3-8,12,30H,9-10H2,1-2H3. The summed E-state index contributed by atoms with van der Waals surface area (Å²) in [4.78, 5) is 27.6. The minimum Gasteiger partial charge on any atom is -0.372 e. The molecule has 2 aromatic carbocycles. The number of fused-ring (bicyclic) bond motifs is 3. The average molecular weight is 439 g/mol. The highest BCUT2D eigenvalue weighted by molar-refractivity contribution is 6.34.